The number of hydrogen-bond donors (Lipinski definition) is 0. The molecule has 2 heteroatoms. The van der Waals surface area contributed by atoms with Gasteiger partial charge in [-0.1, -0.05) is 51.9 Å². The summed E-state index contributed by atoms with van der Waals surface area (Å²) in [5.41, 5.74) is 0. The average molecular weight is 385 g/mol. The van der Waals surface area contributed by atoms with Crippen LogP contribution in [0.3, 0.4) is 0 Å². The molecule has 0 saturated heterocycles. The molecular formula is C24H42ClF. The molecule has 3 aliphatic carbocycles. The van der Waals surface area contributed by atoms with E-state index in [1.54, 1.807) is 0 Å². The van der Waals surface area contributed by atoms with Crippen LogP contribution in [0, 0.1) is 29.6 Å². The van der Waals surface area contributed by atoms with Gasteiger partial charge in [-0.2, -0.15) is 0 Å². The van der Waals surface area contributed by atoms with Crippen molar-refractivity contribution in [2.45, 2.75) is 121 Å². The summed E-state index contributed by atoms with van der Waals surface area (Å²) >= 11 is 6.26. The van der Waals surface area contributed by atoms with Crippen molar-refractivity contribution in [3.63, 3.8) is 0 Å². The second-order valence-corrected chi connectivity index (χ2v) is 10.5. The van der Waals surface area contributed by atoms with E-state index >= 15 is 4.39 Å². The van der Waals surface area contributed by atoms with Gasteiger partial charge in [0.05, 0.1) is 0 Å². The molecule has 3 atom stereocenters. The van der Waals surface area contributed by atoms with Crippen LogP contribution in [0.5, 0.6) is 0 Å². The molecule has 0 aliphatic heterocycles. The number of alkyl halides is 2. The van der Waals surface area contributed by atoms with Crippen LogP contribution < -0.4 is 0 Å². The molecule has 0 heterocycles. The summed E-state index contributed by atoms with van der Waals surface area (Å²) in [7, 11) is 0. The van der Waals surface area contributed by atoms with Crippen LogP contribution in [0.15, 0.2) is 0 Å². The van der Waals surface area contributed by atoms with Gasteiger partial charge >= 0.3 is 0 Å². The molecule has 0 aromatic heterocycles. The lowest BCUT2D eigenvalue weighted by Gasteiger charge is -2.42. The van der Waals surface area contributed by atoms with Gasteiger partial charge in [-0.05, 0) is 87.4 Å². The van der Waals surface area contributed by atoms with Gasteiger partial charge in [0.25, 0.3) is 0 Å². The van der Waals surface area contributed by atoms with E-state index in [0.717, 1.165) is 31.1 Å². The van der Waals surface area contributed by atoms with Gasteiger partial charge in [-0.15, -0.1) is 11.6 Å². The molecule has 0 aromatic carbocycles. The van der Waals surface area contributed by atoms with Crippen LogP contribution >= 0.6 is 11.6 Å². The molecule has 0 N–H and O–H groups in total. The van der Waals surface area contributed by atoms with E-state index in [4.69, 9.17) is 11.6 Å². The minimum atomic E-state index is -0.520. The number of unbranched alkanes of at least 4 members (excludes halogenated alkanes) is 3. The Labute approximate surface area is 167 Å². The fourth-order valence-electron chi connectivity index (χ4n) is 6.44. The summed E-state index contributed by atoms with van der Waals surface area (Å²) in [4.78, 5) is 0. The predicted molar refractivity (Wildman–Crippen MR) is 112 cm³/mol. The van der Waals surface area contributed by atoms with E-state index in [-0.39, 0.29) is 0 Å². The van der Waals surface area contributed by atoms with Gasteiger partial charge in [0.2, 0.25) is 0 Å². The van der Waals surface area contributed by atoms with E-state index in [1.807, 2.05) is 0 Å². The SMILES string of the molecule is CCCCCCC1CCC(C2CCC(C3CCC(Cl)CC3)CC2F)CC1. The molecular weight excluding hydrogens is 343 g/mol. The molecule has 0 bridgehead atoms. The number of rotatable bonds is 7. The fraction of sp³-hybridized carbons (Fsp3) is 1.00. The molecule has 3 fully saturated rings. The van der Waals surface area contributed by atoms with Gasteiger partial charge < -0.3 is 0 Å². The highest BCUT2D eigenvalue weighted by Crippen LogP contribution is 2.47. The lowest BCUT2D eigenvalue weighted by molar-refractivity contribution is 0.0361. The lowest BCUT2D eigenvalue weighted by Crippen LogP contribution is -2.36. The second kappa shape index (κ2) is 10.7. The molecule has 3 aliphatic rings. The van der Waals surface area contributed by atoms with Gasteiger partial charge in [-0.25, -0.2) is 4.39 Å². The maximum atomic E-state index is 15.1. The Balaban J connectivity index is 1.37. The standard InChI is InChI=1S/C24H42ClF/c1-2-3-4-5-6-18-7-9-20(10-8-18)23-16-13-21(17-24(23)26)19-11-14-22(25)15-12-19/h18-24H,2-17H2,1H3. The first-order chi connectivity index (χ1) is 12.7. The van der Waals surface area contributed by atoms with Crippen molar-refractivity contribution in [2.24, 2.45) is 29.6 Å². The van der Waals surface area contributed by atoms with E-state index in [0.29, 0.717) is 23.1 Å². The largest absolute Gasteiger partial charge is 0.247 e. The van der Waals surface area contributed by atoms with Crippen LogP contribution in [0.1, 0.15) is 110 Å². The Morgan fingerprint density at radius 3 is 2.04 bits per heavy atom. The summed E-state index contributed by atoms with van der Waals surface area (Å²) in [5.74, 6) is 3.44. The molecule has 152 valence electrons. The minimum Gasteiger partial charge on any atom is -0.247 e. The third-order valence-corrected chi connectivity index (χ3v) is 8.63. The van der Waals surface area contributed by atoms with E-state index in [9.17, 15) is 0 Å². The highest BCUT2D eigenvalue weighted by molar-refractivity contribution is 6.20. The quantitative estimate of drug-likeness (QED) is 0.305. The second-order valence-electron chi connectivity index (χ2n) is 9.90. The van der Waals surface area contributed by atoms with Crippen molar-refractivity contribution in [3.8, 4) is 0 Å². The highest BCUT2D eigenvalue weighted by Gasteiger charge is 2.39. The lowest BCUT2D eigenvalue weighted by atomic mass is 9.64. The normalized spacial score (nSPS) is 41.9. The van der Waals surface area contributed by atoms with Crippen molar-refractivity contribution in [3.05, 3.63) is 0 Å². The molecule has 3 saturated carbocycles. The summed E-state index contributed by atoms with van der Waals surface area (Å²) < 4.78 is 15.1. The Morgan fingerprint density at radius 1 is 0.731 bits per heavy atom. The van der Waals surface area contributed by atoms with Crippen molar-refractivity contribution in [1.29, 1.82) is 0 Å². The van der Waals surface area contributed by atoms with Gasteiger partial charge in [0, 0.05) is 5.38 Å². The van der Waals surface area contributed by atoms with Crippen LogP contribution in [0.2, 0.25) is 0 Å². The molecule has 0 spiro atoms. The zero-order valence-corrected chi connectivity index (χ0v) is 17.9. The van der Waals surface area contributed by atoms with Gasteiger partial charge in [-0.3, -0.25) is 0 Å². The Morgan fingerprint density at radius 2 is 1.38 bits per heavy atom. The fourth-order valence-corrected chi connectivity index (χ4v) is 6.70. The van der Waals surface area contributed by atoms with Gasteiger partial charge in [0.15, 0.2) is 0 Å². The molecule has 0 nitrogen and oxygen atoms in total. The first kappa shape index (κ1) is 20.9. The molecule has 0 amide bonds. The predicted octanol–water partition coefficient (Wildman–Crippen LogP) is 8.32. The molecule has 0 radical (unpaired) electrons. The van der Waals surface area contributed by atoms with E-state index < -0.39 is 6.17 Å². The minimum absolute atomic E-state index is 0.386. The van der Waals surface area contributed by atoms with Crippen molar-refractivity contribution < 1.29 is 4.39 Å². The topological polar surface area (TPSA) is 0 Å². The van der Waals surface area contributed by atoms with E-state index in [2.05, 4.69) is 6.92 Å². The summed E-state index contributed by atoms with van der Waals surface area (Å²) in [5, 5.41) is 0.390. The number of hydrogen-bond acceptors (Lipinski definition) is 0. The molecule has 0 aromatic rings. The Bertz CT molecular complexity index is 382. The van der Waals surface area contributed by atoms with Gasteiger partial charge in [0.1, 0.15) is 6.17 Å². The maximum absolute atomic E-state index is 15.1. The van der Waals surface area contributed by atoms with Crippen LogP contribution in [0.4, 0.5) is 4.39 Å². The zero-order chi connectivity index (χ0) is 18.4. The van der Waals surface area contributed by atoms with Crippen LogP contribution in [0.25, 0.3) is 0 Å². The summed E-state index contributed by atoms with van der Waals surface area (Å²) in [6.07, 6.45) is 20.0. The van der Waals surface area contributed by atoms with Crippen molar-refractivity contribution in [2.75, 3.05) is 0 Å². The number of halogens is 2. The Hall–Kier alpha value is 0.220. The first-order valence-corrected chi connectivity index (χ1v) is 12.4. The highest BCUT2D eigenvalue weighted by atomic mass is 35.5. The average Bonchev–Trinajstić information content (AvgIpc) is 2.66. The smallest absolute Gasteiger partial charge is 0.103 e. The first-order valence-electron chi connectivity index (χ1n) is 12.0. The zero-order valence-electron chi connectivity index (χ0n) is 17.1. The molecule has 3 rings (SSSR count). The third kappa shape index (κ3) is 5.86. The molecule has 26 heavy (non-hydrogen) atoms. The van der Waals surface area contributed by atoms with Crippen LogP contribution in [-0.2, 0) is 0 Å². The van der Waals surface area contributed by atoms with E-state index in [1.165, 1.54) is 83.5 Å². The summed E-state index contributed by atoms with van der Waals surface area (Å²) in [6, 6.07) is 0. The van der Waals surface area contributed by atoms with Crippen molar-refractivity contribution in [1.82, 2.24) is 0 Å². The van der Waals surface area contributed by atoms with Crippen LogP contribution in [-0.4, -0.2) is 11.5 Å². The van der Waals surface area contributed by atoms with Crippen molar-refractivity contribution >= 4 is 11.6 Å². The monoisotopic (exact) mass is 384 g/mol. The third-order valence-electron chi connectivity index (χ3n) is 8.19. The Kier molecular flexibility index (Phi) is 8.60. The molecule has 3 unspecified atom stereocenters. The maximum Gasteiger partial charge on any atom is 0.103 e. The summed E-state index contributed by atoms with van der Waals surface area (Å²) in [6.45, 7) is 2.29.